The Bertz CT molecular complexity index is 139. The van der Waals surface area contributed by atoms with E-state index in [4.69, 9.17) is 5.73 Å². The van der Waals surface area contributed by atoms with Crippen LogP contribution in [0.25, 0.3) is 0 Å². The summed E-state index contributed by atoms with van der Waals surface area (Å²) in [6.07, 6.45) is 3.85. The third-order valence-electron chi connectivity index (χ3n) is 2.90. The van der Waals surface area contributed by atoms with E-state index >= 15 is 0 Å². The number of nitrogens with zero attached hydrogens (tertiary/aromatic N) is 1. The van der Waals surface area contributed by atoms with Gasteiger partial charge in [0.25, 0.3) is 0 Å². The van der Waals surface area contributed by atoms with Crippen LogP contribution in [-0.2, 0) is 0 Å². The number of nitrogens with two attached hydrogens (primary N) is 1. The Morgan fingerprint density at radius 2 is 2.00 bits per heavy atom. The molecule has 0 amide bonds. The molecule has 0 aromatic heterocycles. The summed E-state index contributed by atoms with van der Waals surface area (Å²) in [4.78, 5) is 2.58. The van der Waals surface area contributed by atoms with Crippen LogP contribution in [0.15, 0.2) is 0 Å². The van der Waals surface area contributed by atoms with Gasteiger partial charge < -0.3 is 5.73 Å². The Morgan fingerprint density at radius 1 is 1.42 bits per heavy atom. The topological polar surface area (TPSA) is 29.3 Å². The van der Waals surface area contributed by atoms with Crippen molar-refractivity contribution in [3.63, 3.8) is 0 Å². The van der Waals surface area contributed by atoms with Gasteiger partial charge in [-0.3, -0.25) is 4.90 Å². The van der Waals surface area contributed by atoms with Crippen molar-refractivity contribution in [3.8, 4) is 0 Å². The first kappa shape index (κ1) is 10.0. The van der Waals surface area contributed by atoms with Gasteiger partial charge in [0.15, 0.2) is 0 Å². The molecule has 1 fully saturated rings. The first-order valence-corrected chi connectivity index (χ1v) is 5.13. The van der Waals surface area contributed by atoms with E-state index in [1.807, 2.05) is 0 Å². The number of hydrogen-bond acceptors (Lipinski definition) is 2. The predicted octanol–water partition coefficient (Wildman–Crippen LogP) is 1.60. The molecule has 2 nitrogen and oxygen atoms in total. The second kappa shape index (κ2) is 3.75. The highest BCUT2D eigenvalue weighted by Crippen LogP contribution is 2.41. The van der Waals surface area contributed by atoms with Crippen LogP contribution in [-0.4, -0.2) is 29.6 Å². The van der Waals surface area contributed by atoms with E-state index in [0.717, 1.165) is 6.54 Å². The quantitative estimate of drug-likeness (QED) is 0.679. The van der Waals surface area contributed by atoms with Crippen LogP contribution >= 0.6 is 0 Å². The largest absolute Gasteiger partial charge is 0.329 e. The lowest BCUT2D eigenvalue weighted by atomic mass is 10.1. The van der Waals surface area contributed by atoms with E-state index in [1.54, 1.807) is 0 Å². The maximum absolute atomic E-state index is 5.80. The number of hydrogen-bond donors (Lipinski definition) is 1. The molecule has 2 heteroatoms. The maximum atomic E-state index is 5.80. The van der Waals surface area contributed by atoms with Crippen molar-refractivity contribution in [2.45, 2.75) is 51.6 Å². The van der Waals surface area contributed by atoms with Gasteiger partial charge in [-0.25, -0.2) is 0 Å². The molecule has 0 bridgehead atoms. The Labute approximate surface area is 76.1 Å². The van der Waals surface area contributed by atoms with Crippen molar-refractivity contribution in [1.82, 2.24) is 4.90 Å². The van der Waals surface area contributed by atoms with Crippen molar-refractivity contribution in [2.75, 3.05) is 13.1 Å². The first-order chi connectivity index (χ1) is 5.66. The lowest BCUT2D eigenvalue weighted by Crippen LogP contribution is -2.47. The molecule has 0 aromatic carbocycles. The molecule has 2 N–H and O–H groups in total. The van der Waals surface area contributed by atoms with Crippen LogP contribution in [0.3, 0.4) is 0 Å². The van der Waals surface area contributed by atoms with E-state index in [2.05, 4.69) is 25.7 Å². The maximum Gasteiger partial charge on any atom is 0.0335 e. The van der Waals surface area contributed by atoms with Crippen molar-refractivity contribution >= 4 is 0 Å². The first-order valence-electron chi connectivity index (χ1n) is 5.13. The lowest BCUT2D eigenvalue weighted by Gasteiger charge is -2.34. The summed E-state index contributed by atoms with van der Waals surface area (Å²) < 4.78 is 0. The average molecular weight is 170 g/mol. The Hall–Kier alpha value is -0.0800. The molecule has 1 aliphatic carbocycles. The fraction of sp³-hybridized carbons (Fsp3) is 1.00. The van der Waals surface area contributed by atoms with Crippen LogP contribution in [0.4, 0.5) is 0 Å². The van der Waals surface area contributed by atoms with E-state index in [-0.39, 0.29) is 0 Å². The smallest absolute Gasteiger partial charge is 0.0335 e. The zero-order valence-corrected chi connectivity index (χ0v) is 8.64. The van der Waals surface area contributed by atoms with E-state index < -0.39 is 0 Å². The molecule has 0 unspecified atom stereocenters. The van der Waals surface area contributed by atoms with Crippen molar-refractivity contribution in [1.29, 1.82) is 0 Å². The third kappa shape index (κ3) is 1.80. The summed E-state index contributed by atoms with van der Waals surface area (Å²) in [7, 11) is 0. The molecule has 1 rings (SSSR count). The predicted molar refractivity (Wildman–Crippen MR) is 53.2 cm³/mol. The molecule has 1 saturated carbocycles. The summed E-state index contributed by atoms with van der Waals surface area (Å²) in [5.74, 6) is 0. The molecule has 0 aliphatic heterocycles. The molecule has 0 spiro atoms. The van der Waals surface area contributed by atoms with Gasteiger partial charge in [-0.15, -0.1) is 0 Å². The van der Waals surface area contributed by atoms with E-state index in [9.17, 15) is 0 Å². The third-order valence-corrected chi connectivity index (χ3v) is 2.90. The Balaban J connectivity index is 2.53. The van der Waals surface area contributed by atoms with Crippen LogP contribution in [0, 0.1) is 0 Å². The molecule has 0 heterocycles. The van der Waals surface area contributed by atoms with Gasteiger partial charge in [-0.05, 0) is 39.7 Å². The highest BCUT2D eigenvalue weighted by molar-refractivity contribution is 5.05. The van der Waals surface area contributed by atoms with Gasteiger partial charge in [-0.2, -0.15) is 0 Å². The summed E-state index contributed by atoms with van der Waals surface area (Å²) in [6, 6.07) is 0.649. The minimum atomic E-state index is 0.393. The minimum absolute atomic E-state index is 0.393. The van der Waals surface area contributed by atoms with E-state index in [1.165, 1.54) is 25.8 Å². The standard InChI is InChI=1S/C10H22N2/c1-4-7-12(9(2)3)10(8-11)5-6-10/h9H,4-8,11H2,1-3H3. The van der Waals surface area contributed by atoms with E-state index in [0.29, 0.717) is 11.6 Å². The summed E-state index contributed by atoms with van der Waals surface area (Å²) >= 11 is 0. The fourth-order valence-electron chi connectivity index (χ4n) is 2.04. The van der Waals surface area contributed by atoms with Gasteiger partial charge in [0.2, 0.25) is 0 Å². The summed E-state index contributed by atoms with van der Waals surface area (Å²) in [5, 5.41) is 0. The van der Waals surface area contributed by atoms with Gasteiger partial charge in [0.1, 0.15) is 0 Å². The zero-order chi connectivity index (χ0) is 9.19. The highest BCUT2D eigenvalue weighted by Gasteiger charge is 2.46. The SMILES string of the molecule is CCCN(C(C)C)C1(CN)CC1. The minimum Gasteiger partial charge on any atom is -0.329 e. The van der Waals surface area contributed by atoms with Gasteiger partial charge >= 0.3 is 0 Å². The van der Waals surface area contributed by atoms with Crippen molar-refractivity contribution < 1.29 is 0 Å². The van der Waals surface area contributed by atoms with Crippen molar-refractivity contribution in [2.24, 2.45) is 5.73 Å². The molecule has 0 radical (unpaired) electrons. The van der Waals surface area contributed by atoms with Crippen LogP contribution in [0.2, 0.25) is 0 Å². The molecule has 1 aliphatic rings. The van der Waals surface area contributed by atoms with Crippen LogP contribution in [0.1, 0.15) is 40.0 Å². The second-order valence-electron chi connectivity index (χ2n) is 4.22. The molecule has 0 saturated heterocycles. The molecule has 0 atom stereocenters. The molecular formula is C10H22N2. The zero-order valence-electron chi connectivity index (χ0n) is 8.64. The molecular weight excluding hydrogens is 148 g/mol. The average Bonchev–Trinajstić information content (AvgIpc) is 2.80. The fourth-order valence-corrected chi connectivity index (χ4v) is 2.04. The number of rotatable bonds is 5. The van der Waals surface area contributed by atoms with Crippen LogP contribution in [0.5, 0.6) is 0 Å². The molecule has 12 heavy (non-hydrogen) atoms. The molecule has 72 valence electrons. The normalized spacial score (nSPS) is 20.5. The monoisotopic (exact) mass is 170 g/mol. The van der Waals surface area contributed by atoms with Crippen LogP contribution < -0.4 is 5.73 Å². The second-order valence-corrected chi connectivity index (χ2v) is 4.22. The van der Waals surface area contributed by atoms with Gasteiger partial charge in [0, 0.05) is 18.1 Å². The summed E-state index contributed by atoms with van der Waals surface area (Å²) in [5.41, 5.74) is 6.19. The lowest BCUT2D eigenvalue weighted by molar-refractivity contribution is 0.139. The summed E-state index contributed by atoms with van der Waals surface area (Å²) in [6.45, 7) is 8.82. The Morgan fingerprint density at radius 3 is 2.25 bits per heavy atom. The highest BCUT2D eigenvalue weighted by atomic mass is 15.3. The van der Waals surface area contributed by atoms with Gasteiger partial charge in [-0.1, -0.05) is 6.92 Å². The molecule has 0 aromatic rings. The Kier molecular flexibility index (Phi) is 3.13. The van der Waals surface area contributed by atoms with Crippen molar-refractivity contribution in [3.05, 3.63) is 0 Å². The van der Waals surface area contributed by atoms with Gasteiger partial charge in [0.05, 0.1) is 0 Å².